The molecule has 4 rings (SSSR count). The van der Waals surface area contributed by atoms with Crippen molar-refractivity contribution in [3.8, 4) is 11.3 Å². The Morgan fingerprint density at radius 2 is 2.00 bits per heavy atom. The lowest BCUT2D eigenvalue weighted by molar-refractivity contribution is -0.0476. The van der Waals surface area contributed by atoms with E-state index in [1.54, 1.807) is 21.8 Å². The minimum absolute atomic E-state index is 0.0593. The van der Waals surface area contributed by atoms with E-state index in [0.29, 0.717) is 79.7 Å². The minimum Gasteiger partial charge on any atom is -0.392 e. The number of aliphatic hydroxyl groups excluding tert-OH is 1. The van der Waals surface area contributed by atoms with Gasteiger partial charge in [-0.25, -0.2) is 8.78 Å². The van der Waals surface area contributed by atoms with Crippen molar-refractivity contribution in [2.24, 2.45) is 17.7 Å². The molecule has 1 aromatic carbocycles. The molecule has 0 bridgehead atoms. The normalized spacial score (nSPS) is 18.5. The van der Waals surface area contributed by atoms with Crippen molar-refractivity contribution in [3.05, 3.63) is 35.0 Å². The summed E-state index contributed by atoms with van der Waals surface area (Å²) in [4.78, 5) is 15.1. The number of likely N-dealkylation sites (tertiary alicyclic amines) is 1. The number of aliphatic hydroxyl groups is 1. The number of alkyl halides is 2. The highest BCUT2D eigenvalue weighted by atomic mass is 19.3. The van der Waals surface area contributed by atoms with Crippen molar-refractivity contribution >= 4 is 11.6 Å². The van der Waals surface area contributed by atoms with Crippen LogP contribution in [0.1, 0.15) is 54.1 Å². The van der Waals surface area contributed by atoms with Gasteiger partial charge in [0.1, 0.15) is 0 Å². The van der Waals surface area contributed by atoms with E-state index in [0.717, 1.165) is 5.56 Å². The average Bonchev–Trinajstić information content (AvgIpc) is 3.21. The van der Waals surface area contributed by atoms with Gasteiger partial charge in [0.15, 0.2) is 0 Å². The molecule has 2 heterocycles. The summed E-state index contributed by atoms with van der Waals surface area (Å²) < 4.78 is 34.5. The molecule has 8 nitrogen and oxygen atoms in total. The number of nitrogens with zero attached hydrogens (tertiary/aromatic N) is 3. The van der Waals surface area contributed by atoms with Crippen LogP contribution >= 0.6 is 0 Å². The number of nitrogens with two attached hydrogens (primary N) is 1. The lowest BCUT2D eigenvalue weighted by atomic mass is 9.86. The molecular formula is C25H35F2N5O3. The van der Waals surface area contributed by atoms with Crippen LogP contribution in [0.15, 0.2) is 18.3 Å². The van der Waals surface area contributed by atoms with E-state index in [-0.39, 0.29) is 31.3 Å². The second-order valence-electron chi connectivity index (χ2n) is 9.75. The zero-order valence-corrected chi connectivity index (χ0v) is 20.4. The van der Waals surface area contributed by atoms with Crippen LogP contribution in [0.4, 0.5) is 14.5 Å². The average molecular weight is 492 g/mol. The summed E-state index contributed by atoms with van der Waals surface area (Å²) in [6, 6.07) is 3.62. The Hall–Kier alpha value is -2.56. The summed E-state index contributed by atoms with van der Waals surface area (Å²) in [7, 11) is 0. The van der Waals surface area contributed by atoms with Crippen molar-refractivity contribution < 1.29 is 23.4 Å². The number of aromatic nitrogens is 2. The number of ether oxygens (including phenoxy) is 1. The van der Waals surface area contributed by atoms with Crippen molar-refractivity contribution in [3.63, 3.8) is 0 Å². The first-order valence-corrected chi connectivity index (χ1v) is 12.3. The Balaban J connectivity index is 1.62. The van der Waals surface area contributed by atoms with E-state index in [1.807, 2.05) is 19.9 Å². The second-order valence-corrected chi connectivity index (χ2v) is 9.75. The number of hydrogen-bond donors (Lipinski definition) is 3. The predicted molar refractivity (Wildman–Crippen MR) is 129 cm³/mol. The SMILES string of the molecule is CCOCC1CN(C(=O)c2cc(-c3c(CO)cnn3CC3CCC(F)(F)CC3)c(NN)cc2C)C1. The number of hydrazine groups is 1. The molecule has 0 unspecified atom stereocenters. The van der Waals surface area contributed by atoms with Crippen LogP contribution in [-0.2, 0) is 17.9 Å². The number of anilines is 1. The summed E-state index contributed by atoms with van der Waals surface area (Å²) >= 11 is 0. The van der Waals surface area contributed by atoms with Gasteiger partial charge in [-0.05, 0) is 50.3 Å². The smallest absolute Gasteiger partial charge is 0.254 e. The van der Waals surface area contributed by atoms with Crippen LogP contribution in [0.5, 0.6) is 0 Å². The third-order valence-corrected chi connectivity index (χ3v) is 7.16. The Bertz CT molecular complexity index is 1040. The quantitative estimate of drug-likeness (QED) is 0.366. The highest BCUT2D eigenvalue weighted by Gasteiger charge is 2.36. The fourth-order valence-electron chi connectivity index (χ4n) is 5.07. The van der Waals surface area contributed by atoms with Gasteiger partial charge in [0.05, 0.1) is 30.8 Å². The van der Waals surface area contributed by atoms with Crippen LogP contribution in [0.3, 0.4) is 0 Å². The van der Waals surface area contributed by atoms with Crippen molar-refractivity contribution in [2.45, 2.75) is 58.6 Å². The van der Waals surface area contributed by atoms with Gasteiger partial charge in [-0.2, -0.15) is 5.10 Å². The number of nitrogens with one attached hydrogen (secondary N) is 1. The lowest BCUT2D eigenvalue weighted by Gasteiger charge is -2.39. The molecular weight excluding hydrogens is 456 g/mol. The molecule has 2 fully saturated rings. The fraction of sp³-hybridized carbons (Fsp3) is 0.600. The van der Waals surface area contributed by atoms with Crippen LogP contribution in [0.2, 0.25) is 0 Å². The number of benzene rings is 1. The number of carbonyl (C=O) groups is 1. The van der Waals surface area contributed by atoms with E-state index in [4.69, 9.17) is 10.6 Å². The lowest BCUT2D eigenvalue weighted by Crippen LogP contribution is -2.51. The molecule has 4 N–H and O–H groups in total. The second kappa shape index (κ2) is 10.6. The third-order valence-electron chi connectivity index (χ3n) is 7.16. The van der Waals surface area contributed by atoms with Crippen LogP contribution in [-0.4, -0.2) is 57.9 Å². The maximum absolute atomic E-state index is 13.6. The van der Waals surface area contributed by atoms with Crippen molar-refractivity contribution in [1.29, 1.82) is 0 Å². The summed E-state index contributed by atoms with van der Waals surface area (Å²) in [6.45, 7) is 6.63. The first-order valence-electron chi connectivity index (χ1n) is 12.3. The standard InChI is InChI=1S/C25H35F2N5O3/c1-3-35-15-18-11-31(12-18)24(34)20-9-21(22(30-28)8-16(20)2)23-19(14-33)10-29-32(23)13-17-4-6-25(26,27)7-5-17/h8-10,17-18,30,33H,3-7,11-15,28H2,1-2H3. The summed E-state index contributed by atoms with van der Waals surface area (Å²) in [5.41, 5.74) is 6.53. The Labute approximate surface area is 204 Å². The van der Waals surface area contributed by atoms with Crippen molar-refractivity contribution in [1.82, 2.24) is 14.7 Å². The van der Waals surface area contributed by atoms with Crippen molar-refractivity contribution in [2.75, 3.05) is 31.7 Å². The molecule has 1 aromatic heterocycles. The fourth-order valence-corrected chi connectivity index (χ4v) is 5.07. The molecule has 2 aromatic rings. The molecule has 1 amide bonds. The Kier molecular flexibility index (Phi) is 7.73. The van der Waals surface area contributed by atoms with Crippen LogP contribution in [0, 0.1) is 18.8 Å². The van der Waals surface area contributed by atoms with Gasteiger partial charge in [0.2, 0.25) is 5.92 Å². The maximum atomic E-state index is 13.6. The van der Waals surface area contributed by atoms with Crippen LogP contribution < -0.4 is 11.3 Å². The molecule has 0 atom stereocenters. The molecule has 35 heavy (non-hydrogen) atoms. The van der Waals surface area contributed by atoms with E-state index in [2.05, 4.69) is 10.5 Å². The zero-order chi connectivity index (χ0) is 25.2. The minimum atomic E-state index is -2.60. The highest BCUT2D eigenvalue weighted by Crippen LogP contribution is 2.39. The molecule has 1 aliphatic carbocycles. The van der Waals surface area contributed by atoms with Gasteiger partial charge in [0, 0.05) is 61.7 Å². The number of aryl methyl sites for hydroxylation is 1. The molecule has 0 spiro atoms. The molecule has 192 valence electrons. The van der Waals surface area contributed by atoms with Crippen LogP contribution in [0.25, 0.3) is 11.3 Å². The third kappa shape index (κ3) is 5.49. The molecule has 2 aliphatic rings. The first kappa shape index (κ1) is 25.5. The number of nitrogen functional groups attached to an aromatic ring is 1. The van der Waals surface area contributed by atoms with Gasteiger partial charge in [-0.3, -0.25) is 15.3 Å². The number of carbonyl (C=O) groups excluding carboxylic acids is 1. The zero-order valence-electron chi connectivity index (χ0n) is 20.4. The number of halogens is 2. The van der Waals surface area contributed by atoms with Gasteiger partial charge in [-0.15, -0.1) is 0 Å². The van der Waals surface area contributed by atoms with E-state index < -0.39 is 5.92 Å². The molecule has 10 heteroatoms. The van der Waals surface area contributed by atoms with Gasteiger partial charge < -0.3 is 20.2 Å². The monoisotopic (exact) mass is 491 g/mol. The molecule has 1 saturated carbocycles. The number of hydrogen-bond acceptors (Lipinski definition) is 6. The van der Waals surface area contributed by atoms with E-state index in [9.17, 15) is 18.7 Å². The van der Waals surface area contributed by atoms with E-state index >= 15 is 0 Å². The first-order chi connectivity index (χ1) is 16.8. The van der Waals surface area contributed by atoms with Gasteiger partial charge >= 0.3 is 0 Å². The Morgan fingerprint density at radius 1 is 1.29 bits per heavy atom. The number of amides is 1. The van der Waals surface area contributed by atoms with Gasteiger partial charge in [0.25, 0.3) is 5.91 Å². The topological polar surface area (TPSA) is 106 Å². The predicted octanol–water partition coefficient (Wildman–Crippen LogP) is 3.57. The van der Waals surface area contributed by atoms with E-state index in [1.165, 1.54) is 0 Å². The summed E-state index contributed by atoms with van der Waals surface area (Å²) in [6.07, 6.45) is 2.17. The molecule has 0 radical (unpaired) electrons. The van der Waals surface area contributed by atoms with Gasteiger partial charge in [-0.1, -0.05) is 0 Å². The Morgan fingerprint density at radius 3 is 2.63 bits per heavy atom. The highest BCUT2D eigenvalue weighted by molar-refractivity contribution is 5.99. The number of rotatable bonds is 9. The maximum Gasteiger partial charge on any atom is 0.254 e. The summed E-state index contributed by atoms with van der Waals surface area (Å²) in [5, 5.41) is 14.5. The summed E-state index contributed by atoms with van der Waals surface area (Å²) in [5.74, 6) is 3.58. The molecule has 1 saturated heterocycles. The largest absolute Gasteiger partial charge is 0.392 e. The molecule has 1 aliphatic heterocycles.